The van der Waals surface area contributed by atoms with Gasteiger partial charge in [-0.1, -0.05) is 46.3 Å². The first-order valence-electron chi connectivity index (χ1n) is 6.49. The van der Waals surface area contributed by atoms with Gasteiger partial charge in [0.25, 0.3) is 0 Å². The maximum absolute atomic E-state index is 12.4. The lowest BCUT2D eigenvalue weighted by Gasteiger charge is -2.12. The van der Waals surface area contributed by atoms with E-state index in [-0.39, 0.29) is 10.9 Å². The maximum Gasteiger partial charge on any atom is 0.241 e. The van der Waals surface area contributed by atoms with E-state index >= 15 is 0 Å². The number of alkyl halides is 1. The molecule has 0 amide bonds. The van der Waals surface area contributed by atoms with Crippen LogP contribution in [0.25, 0.3) is 0 Å². The molecule has 2 aromatic carbocycles. The molecule has 0 aliphatic carbocycles. The Bertz CT molecular complexity index is 744. The molecule has 0 aromatic heterocycles. The molecule has 1 heterocycles. The molecular formula is C15H14BrNO3S. The van der Waals surface area contributed by atoms with E-state index in [0.29, 0.717) is 11.9 Å². The smallest absolute Gasteiger partial charge is 0.241 e. The van der Waals surface area contributed by atoms with Crippen molar-refractivity contribution in [1.82, 2.24) is 4.72 Å². The Kier molecular flexibility index (Phi) is 4.01. The number of hydrogen-bond donors (Lipinski definition) is 1. The molecule has 6 heteroatoms. The van der Waals surface area contributed by atoms with Crippen molar-refractivity contribution in [2.45, 2.75) is 16.3 Å². The van der Waals surface area contributed by atoms with Gasteiger partial charge in [-0.25, -0.2) is 13.1 Å². The van der Waals surface area contributed by atoms with Gasteiger partial charge >= 0.3 is 0 Å². The van der Waals surface area contributed by atoms with Crippen molar-refractivity contribution in [2.75, 3.05) is 6.61 Å². The zero-order valence-electron chi connectivity index (χ0n) is 11.1. The van der Waals surface area contributed by atoms with Gasteiger partial charge in [-0.3, -0.25) is 0 Å². The molecule has 0 spiro atoms. The zero-order chi connectivity index (χ0) is 14.9. The summed E-state index contributed by atoms with van der Waals surface area (Å²) in [5, 5.41) is 0.699. The fourth-order valence-electron chi connectivity index (χ4n) is 2.27. The number of ether oxygens (including phenoxy) is 1. The minimum atomic E-state index is -3.56. The predicted molar refractivity (Wildman–Crippen MR) is 84.1 cm³/mol. The van der Waals surface area contributed by atoms with Gasteiger partial charge in [0.2, 0.25) is 10.0 Å². The molecular weight excluding hydrogens is 354 g/mol. The normalized spacial score (nSPS) is 17.3. The average molecular weight is 368 g/mol. The first kappa shape index (κ1) is 14.6. The Balaban J connectivity index is 1.83. The Morgan fingerprint density at radius 1 is 1.14 bits per heavy atom. The van der Waals surface area contributed by atoms with E-state index in [4.69, 9.17) is 4.74 Å². The molecule has 0 saturated carbocycles. The van der Waals surface area contributed by atoms with Crippen molar-refractivity contribution in [3.8, 4) is 5.75 Å². The van der Waals surface area contributed by atoms with Gasteiger partial charge in [0.1, 0.15) is 12.4 Å². The summed E-state index contributed by atoms with van der Waals surface area (Å²) in [6.45, 7) is 0.318. The second-order valence-corrected chi connectivity index (χ2v) is 7.08. The van der Waals surface area contributed by atoms with Gasteiger partial charge in [-0.05, 0) is 23.8 Å². The van der Waals surface area contributed by atoms with E-state index in [1.165, 1.54) is 0 Å². The molecule has 1 N–H and O–H groups in total. The van der Waals surface area contributed by atoms with Crippen LogP contribution in [0.15, 0.2) is 53.4 Å². The van der Waals surface area contributed by atoms with Crippen molar-refractivity contribution >= 4 is 26.0 Å². The van der Waals surface area contributed by atoms with E-state index in [1.807, 2.05) is 24.3 Å². The number of halogens is 1. The SMILES string of the molecule is O=S(=O)(NC1COc2ccccc21)c1ccc(CBr)cc1. The van der Waals surface area contributed by atoms with E-state index in [2.05, 4.69) is 20.7 Å². The van der Waals surface area contributed by atoms with Crippen molar-refractivity contribution < 1.29 is 13.2 Å². The van der Waals surface area contributed by atoms with Crippen LogP contribution in [0.5, 0.6) is 5.75 Å². The molecule has 3 rings (SSSR count). The Morgan fingerprint density at radius 2 is 1.86 bits per heavy atom. The van der Waals surface area contributed by atoms with Gasteiger partial charge in [0.05, 0.1) is 10.9 Å². The third-order valence-electron chi connectivity index (χ3n) is 3.39. The molecule has 110 valence electrons. The first-order chi connectivity index (χ1) is 10.1. The summed E-state index contributed by atoms with van der Waals surface area (Å²) >= 11 is 3.34. The van der Waals surface area contributed by atoms with Crippen LogP contribution >= 0.6 is 15.9 Å². The Morgan fingerprint density at radius 3 is 2.57 bits per heavy atom. The standard InChI is InChI=1S/C15H14BrNO3S/c16-9-11-5-7-12(8-6-11)21(18,19)17-14-10-20-15-4-2-1-3-13(14)15/h1-8,14,17H,9-10H2. The third-order valence-corrected chi connectivity index (χ3v) is 5.52. The second kappa shape index (κ2) is 5.79. The number of hydrogen-bond acceptors (Lipinski definition) is 3. The molecule has 1 unspecified atom stereocenters. The van der Waals surface area contributed by atoms with Crippen LogP contribution in [0.3, 0.4) is 0 Å². The molecule has 1 atom stereocenters. The van der Waals surface area contributed by atoms with Crippen LogP contribution in [0, 0.1) is 0 Å². The summed E-state index contributed by atoms with van der Waals surface area (Å²) in [6, 6.07) is 13.9. The van der Waals surface area contributed by atoms with Crippen LogP contribution in [0.4, 0.5) is 0 Å². The minimum absolute atomic E-state index is 0.261. The average Bonchev–Trinajstić information content (AvgIpc) is 2.90. The molecule has 0 saturated heterocycles. The lowest BCUT2D eigenvalue weighted by molar-refractivity contribution is 0.325. The Labute approximate surface area is 132 Å². The highest BCUT2D eigenvalue weighted by Gasteiger charge is 2.28. The zero-order valence-corrected chi connectivity index (χ0v) is 13.5. The largest absolute Gasteiger partial charge is 0.491 e. The predicted octanol–water partition coefficient (Wildman–Crippen LogP) is 2.99. The van der Waals surface area contributed by atoms with Gasteiger partial charge in [-0.15, -0.1) is 0 Å². The van der Waals surface area contributed by atoms with E-state index in [9.17, 15) is 8.42 Å². The molecule has 1 aliphatic rings. The lowest BCUT2D eigenvalue weighted by Crippen LogP contribution is -2.29. The van der Waals surface area contributed by atoms with Gasteiger partial charge < -0.3 is 4.74 Å². The Hall–Kier alpha value is -1.37. The number of benzene rings is 2. The molecule has 0 radical (unpaired) electrons. The molecule has 21 heavy (non-hydrogen) atoms. The van der Waals surface area contributed by atoms with Crippen molar-refractivity contribution in [2.24, 2.45) is 0 Å². The summed E-state index contributed by atoms with van der Waals surface area (Å²) in [4.78, 5) is 0.261. The number of rotatable bonds is 4. The van der Waals surface area contributed by atoms with Gasteiger partial charge in [0, 0.05) is 10.9 Å². The number of para-hydroxylation sites is 1. The van der Waals surface area contributed by atoms with Crippen molar-refractivity contribution in [1.29, 1.82) is 0 Å². The summed E-state index contributed by atoms with van der Waals surface area (Å²) in [5.74, 6) is 0.736. The summed E-state index contributed by atoms with van der Waals surface area (Å²) in [7, 11) is -3.56. The fourth-order valence-corrected chi connectivity index (χ4v) is 3.85. The van der Waals surface area contributed by atoms with Crippen molar-refractivity contribution in [3.05, 3.63) is 59.7 Å². The van der Waals surface area contributed by atoms with Crippen LogP contribution in [-0.2, 0) is 15.4 Å². The first-order valence-corrected chi connectivity index (χ1v) is 9.09. The van der Waals surface area contributed by atoms with Gasteiger partial charge in [-0.2, -0.15) is 0 Å². The molecule has 2 aromatic rings. The van der Waals surface area contributed by atoms with E-state index in [1.54, 1.807) is 24.3 Å². The topological polar surface area (TPSA) is 55.4 Å². The van der Waals surface area contributed by atoms with Crippen molar-refractivity contribution in [3.63, 3.8) is 0 Å². The number of fused-ring (bicyclic) bond motifs is 1. The quantitative estimate of drug-likeness (QED) is 0.845. The monoisotopic (exact) mass is 367 g/mol. The maximum atomic E-state index is 12.4. The summed E-state index contributed by atoms with van der Waals surface area (Å²) < 4.78 is 33.0. The van der Waals surface area contributed by atoms with Crippen LogP contribution in [0.2, 0.25) is 0 Å². The lowest BCUT2D eigenvalue weighted by atomic mass is 10.1. The fraction of sp³-hybridized carbons (Fsp3) is 0.200. The second-order valence-electron chi connectivity index (χ2n) is 4.80. The molecule has 1 aliphatic heterocycles. The summed E-state index contributed by atoms with van der Waals surface area (Å²) in [5.41, 5.74) is 1.90. The molecule has 0 bridgehead atoms. The molecule has 4 nitrogen and oxygen atoms in total. The summed E-state index contributed by atoms with van der Waals surface area (Å²) in [6.07, 6.45) is 0. The molecule has 0 fully saturated rings. The van der Waals surface area contributed by atoms with Gasteiger partial charge in [0.15, 0.2) is 0 Å². The third kappa shape index (κ3) is 2.97. The number of nitrogens with one attached hydrogen (secondary N) is 1. The highest BCUT2D eigenvalue weighted by Crippen LogP contribution is 2.32. The van der Waals surface area contributed by atoms with Crippen LogP contribution < -0.4 is 9.46 Å². The highest BCUT2D eigenvalue weighted by atomic mass is 79.9. The van der Waals surface area contributed by atoms with Crippen LogP contribution in [-0.4, -0.2) is 15.0 Å². The van der Waals surface area contributed by atoms with Crippen LogP contribution in [0.1, 0.15) is 17.2 Å². The highest BCUT2D eigenvalue weighted by molar-refractivity contribution is 9.08. The van der Waals surface area contributed by atoms with E-state index < -0.39 is 10.0 Å². The number of sulfonamides is 1. The van der Waals surface area contributed by atoms with E-state index in [0.717, 1.165) is 16.9 Å². The minimum Gasteiger partial charge on any atom is -0.491 e.